The van der Waals surface area contributed by atoms with Gasteiger partial charge in [0.15, 0.2) is 0 Å². The molecule has 0 aromatic heterocycles. The first-order valence-corrected chi connectivity index (χ1v) is 8.22. The molecule has 0 saturated heterocycles. The van der Waals surface area contributed by atoms with E-state index in [1.165, 1.54) is 24.3 Å². The van der Waals surface area contributed by atoms with Crippen molar-refractivity contribution < 1.29 is 32.2 Å². The van der Waals surface area contributed by atoms with Crippen LogP contribution in [0.25, 0.3) is 0 Å². The maximum Gasteiger partial charge on any atom is 0.460 e. The molecule has 2 aromatic carbocycles. The van der Waals surface area contributed by atoms with Crippen LogP contribution in [-0.2, 0) is 9.53 Å². The Bertz CT molecular complexity index is 800. The summed E-state index contributed by atoms with van der Waals surface area (Å²) in [6, 6.07) is 13.6. The molecule has 0 heterocycles. The van der Waals surface area contributed by atoms with E-state index < -0.39 is 29.9 Å². The Balaban J connectivity index is 2.30. The van der Waals surface area contributed by atoms with Crippen LogP contribution in [0.4, 0.5) is 18.0 Å². The molecule has 2 rings (SSSR count). The topological polar surface area (TPSA) is 76.7 Å². The molecule has 2 atom stereocenters. The third-order valence-corrected chi connectivity index (χ3v) is 3.82. The number of halogens is 3. The van der Waals surface area contributed by atoms with E-state index in [0.717, 1.165) is 7.11 Å². The second kappa shape index (κ2) is 8.64. The summed E-state index contributed by atoms with van der Waals surface area (Å²) in [7, 11) is 0.767. The van der Waals surface area contributed by atoms with Gasteiger partial charge in [-0.25, -0.2) is 9.59 Å². The average molecular weight is 396 g/mol. The standard InChI is InChI=1S/C19H19F3N2O4/c1-13(14-9-5-3-6-10-14)23-17(26)24-18(16(25)27-2,19(20,21)22)28-15-11-7-4-8-12-15/h3-13H,1-2H3,(H2,23,24,26). The predicted molar refractivity (Wildman–Crippen MR) is 94.4 cm³/mol. The van der Waals surface area contributed by atoms with E-state index in [1.54, 1.807) is 48.6 Å². The lowest BCUT2D eigenvalue weighted by Crippen LogP contribution is -2.69. The average Bonchev–Trinajstić information content (AvgIpc) is 2.67. The number of carbonyl (C=O) groups is 2. The van der Waals surface area contributed by atoms with Crippen molar-refractivity contribution >= 4 is 12.0 Å². The number of hydrogen-bond donors (Lipinski definition) is 2. The summed E-state index contributed by atoms with van der Waals surface area (Å²) in [6.07, 6.45) is -5.30. The van der Waals surface area contributed by atoms with Gasteiger partial charge in [-0.15, -0.1) is 0 Å². The lowest BCUT2D eigenvalue weighted by atomic mass is 10.1. The van der Waals surface area contributed by atoms with Gasteiger partial charge in [0.1, 0.15) is 5.75 Å². The zero-order valence-electron chi connectivity index (χ0n) is 15.1. The van der Waals surface area contributed by atoms with Gasteiger partial charge in [0.05, 0.1) is 13.2 Å². The Morgan fingerprint density at radius 2 is 1.50 bits per heavy atom. The maximum absolute atomic E-state index is 13.9. The molecule has 0 spiro atoms. The van der Waals surface area contributed by atoms with E-state index in [2.05, 4.69) is 10.1 Å². The largest absolute Gasteiger partial charge is 0.464 e. The molecule has 0 saturated carbocycles. The van der Waals surface area contributed by atoms with E-state index in [9.17, 15) is 22.8 Å². The van der Waals surface area contributed by atoms with Crippen molar-refractivity contribution in [1.29, 1.82) is 0 Å². The van der Waals surface area contributed by atoms with Gasteiger partial charge in [-0.2, -0.15) is 13.2 Å². The summed E-state index contributed by atoms with van der Waals surface area (Å²) < 4.78 is 50.7. The summed E-state index contributed by atoms with van der Waals surface area (Å²) >= 11 is 0. The van der Waals surface area contributed by atoms with Crippen molar-refractivity contribution in [3.8, 4) is 5.75 Å². The van der Waals surface area contributed by atoms with Crippen molar-refractivity contribution in [3.63, 3.8) is 0 Å². The van der Waals surface area contributed by atoms with Crippen LogP contribution in [0.1, 0.15) is 18.5 Å². The number of alkyl halides is 3. The molecule has 2 aromatic rings. The first kappa shape index (κ1) is 21.1. The number of ether oxygens (including phenoxy) is 2. The molecule has 0 fully saturated rings. The van der Waals surface area contributed by atoms with Crippen molar-refractivity contribution in [2.24, 2.45) is 0 Å². The molecule has 2 unspecified atom stereocenters. The van der Waals surface area contributed by atoms with Crippen molar-refractivity contribution in [2.45, 2.75) is 24.9 Å². The number of methoxy groups -OCH3 is 1. The first-order valence-electron chi connectivity index (χ1n) is 8.22. The van der Waals surface area contributed by atoms with E-state index >= 15 is 0 Å². The molecule has 0 bridgehead atoms. The molecule has 2 N–H and O–H groups in total. The molecule has 9 heteroatoms. The minimum atomic E-state index is -5.30. The summed E-state index contributed by atoms with van der Waals surface area (Å²) in [5.74, 6) is -2.09. The zero-order chi connectivity index (χ0) is 20.8. The van der Waals surface area contributed by atoms with Gasteiger partial charge in [-0.05, 0) is 24.6 Å². The van der Waals surface area contributed by atoms with E-state index in [4.69, 9.17) is 4.74 Å². The molecule has 0 radical (unpaired) electrons. The quantitative estimate of drug-likeness (QED) is 0.578. The molecule has 0 aliphatic carbocycles. The van der Waals surface area contributed by atoms with Gasteiger partial charge in [0, 0.05) is 0 Å². The summed E-state index contributed by atoms with van der Waals surface area (Å²) in [4.78, 5) is 24.4. The Morgan fingerprint density at radius 1 is 0.964 bits per heavy atom. The summed E-state index contributed by atoms with van der Waals surface area (Å²) in [5, 5.41) is 3.95. The predicted octanol–water partition coefficient (Wildman–Crippen LogP) is 3.56. The number of amides is 2. The summed E-state index contributed by atoms with van der Waals surface area (Å²) in [6.45, 7) is 1.58. The minimum Gasteiger partial charge on any atom is -0.464 e. The zero-order valence-corrected chi connectivity index (χ0v) is 15.1. The van der Waals surface area contributed by atoms with Crippen LogP contribution in [0.15, 0.2) is 60.7 Å². The minimum absolute atomic E-state index is 0.276. The fraction of sp³-hybridized carbons (Fsp3) is 0.263. The Morgan fingerprint density at radius 3 is 2.00 bits per heavy atom. The third-order valence-electron chi connectivity index (χ3n) is 3.82. The number of urea groups is 1. The lowest BCUT2D eigenvalue weighted by molar-refractivity contribution is -0.258. The second-order valence-electron chi connectivity index (χ2n) is 5.82. The fourth-order valence-electron chi connectivity index (χ4n) is 2.39. The molecular formula is C19H19F3N2O4. The number of esters is 1. The smallest absolute Gasteiger partial charge is 0.460 e. The van der Waals surface area contributed by atoms with Gasteiger partial charge in [-0.3, -0.25) is 5.32 Å². The number of para-hydroxylation sites is 1. The van der Waals surface area contributed by atoms with Crippen LogP contribution in [0.2, 0.25) is 0 Å². The number of hydrogen-bond acceptors (Lipinski definition) is 4. The van der Waals surface area contributed by atoms with Gasteiger partial charge in [0.2, 0.25) is 0 Å². The van der Waals surface area contributed by atoms with E-state index in [-0.39, 0.29) is 5.75 Å². The third kappa shape index (κ3) is 4.73. The number of nitrogens with one attached hydrogen (secondary N) is 2. The van der Waals surface area contributed by atoms with Crippen molar-refractivity contribution in [1.82, 2.24) is 10.6 Å². The fourth-order valence-corrected chi connectivity index (χ4v) is 2.39. The summed E-state index contributed by atoms with van der Waals surface area (Å²) in [5.41, 5.74) is -3.05. The molecule has 2 amide bonds. The highest BCUT2D eigenvalue weighted by atomic mass is 19.4. The Labute approximate surface area is 159 Å². The molecule has 0 aliphatic heterocycles. The SMILES string of the molecule is COC(=O)C(NC(=O)NC(C)c1ccccc1)(Oc1ccccc1)C(F)(F)F. The molecule has 0 aliphatic rings. The second-order valence-corrected chi connectivity index (χ2v) is 5.82. The number of rotatable bonds is 6. The maximum atomic E-state index is 13.9. The van der Waals surface area contributed by atoms with Crippen LogP contribution < -0.4 is 15.4 Å². The van der Waals surface area contributed by atoms with E-state index in [0.29, 0.717) is 5.56 Å². The highest BCUT2D eigenvalue weighted by Crippen LogP contribution is 2.34. The normalized spacial score (nSPS) is 14.3. The van der Waals surface area contributed by atoms with Crippen LogP contribution in [0.5, 0.6) is 5.75 Å². The highest BCUT2D eigenvalue weighted by molar-refractivity contribution is 5.87. The van der Waals surface area contributed by atoms with Gasteiger partial charge in [-0.1, -0.05) is 48.5 Å². The molecule has 6 nitrogen and oxygen atoms in total. The van der Waals surface area contributed by atoms with Crippen molar-refractivity contribution in [3.05, 3.63) is 66.2 Å². The molecule has 28 heavy (non-hydrogen) atoms. The highest BCUT2D eigenvalue weighted by Gasteiger charge is 2.66. The van der Waals surface area contributed by atoms with Crippen molar-refractivity contribution in [2.75, 3.05) is 7.11 Å². The van der Waals surface area contributed by atoms with Crippen LogP contribution in [0, 0.1) is 0 Å². The van der Waals surface area contributed by atoms with E-state index in [1.807, 2.05) is 0 Å². The Kier molecular flexibility index (Phi) is 6.50. The van der Waals surface area contributed by atoms with Gasteiger partial charge >= 0.3 is 23.9 Å². The van der Waals surface area contributed by atoms with Crippen LogP contribution in [0.3, 0.4) is 0 Å². The van der Waals surface area contributed by atoms with Gasteiger partial charge in [0.25, 0.3) is 0 Å². The molecule has 150 valence electrons. The monoisotopic (exact) mass is 396 g/mol. The number of benzene rings is 2. The molecular weight excluding hydrogens is 377 g/mol. The van der Waals surface area contributed by atoms with Gasteiger partial charge < -0.3 is 14.8 Å². The van der Waals surface area contributed by atoms with Crippen LogP contribution in [-0.4, -0.2) is 31.0 Å². The lowest BCUT2D eigenvalue weighted by Gasteiger charge is -2.34. The number of carbonyl (C=O) groups excluding carboxylic acids is 2. The van der Waals surface area contributed by atoms with Crippen LogP contribution >= 0.6 is 0 Å². The Hall–Kier alpha value is -3.23. The first-order chi connectivity index (χ1) is 13.2.